The highest BCUT2D eigenvalue weighted by Crippen LogP contribution is 2.25. The summed E-state index contributed by atoms with van der Waals surface area (Å²) in [5.41, 5.74) is 0.388. The average Bonchev–Trinajstić information content (AvgIpc) is 3.05. The molecule has 0 bridgehead atoms. The number of amides is 2. The molecule has 0 spiro atoms. The molecule has 0 unspecified atom stereocenters. The number of likely N-dealkylation sites (tertiary alicyclic amines) is 1. The molecule has 2 aromatic rings. The van der Waals surface area contributed by atoms with Gasteiger partial charge in [0.1, 0.15) is 5.82 Å². The van der Waals surface area contributed by atoms with Crippen molar-refractivity contribution in [1.29, 1.82) is 0 Å². The van der Waals surface area contributed by atoms with Crippen LogP contribution in [0.15, 0.2) is 29.4 Å². The Labute approximate surface area is 136 Å². The van der Waals surface area contributed by atoms with E-state index in [1.165, 1.54) is 22.7 Å². The first-order chi connectivity index (χ1) is 11.1. The van der Waals surface area contributed by atoms with Crippen molar-refractivity contribution in [1.82, 2.24) is 19.7 Å². The van der Waals surface area contributed by atoms with Gasteiger partial charge in [0.05, 0.1) is 5.56 Å². The van der Waals surface area contributed by atoms with Crippen molar-refractivity contribution in [2.45, 2.75) is 18.0 Å². The number of rotatable bonds is 5. The third-order valence-corrected chi connectivity index (χ3v) is 4.65. The van der Waals surface area contributed by atoms with Crippen LogP contribution in [0.3, 0.4) is 0 Å². The maximum Gasteiger partial charge on any atom is 0.229 e. The SMILES string of the molecule is Cn1c(SCCN2C(=O)CCC2=O)nnc1-c1ccccc1F. The van der Waals surface area contributed by atoms with Crippen LogP contribution in [-0.2, 0) is 16.6 Å². The molecule has 0 aliphatic carbocycles. The summed E-state index contributed by atoms with van der Waals surface area (Å²) in [6, 6.07) is 6.39. The second kappa shape index (κ2) is 6.49. The number of hydrogen-bond acceptors (Lipinski definition) is 5. The van der Waals surface area contributed by atoms with Crippen LogP contribution in [0.25, 0.3) is 11.4 Å². The Morgan fingerprint density at radius 2 is 1.87 bits per heavy atom. The van der Waals surface area contributed by atoms with Crippen LogP contribution >= 0.6 is 11.8 Å². The molecule has 0 saturated carbocycles. The van der Waals surface area contributed by atoms with E-state index < -0.39 is 0 Å². The van der Waals surface area contributed by atoms with Crippen molar-refractivity contribution in [3.05, 3.63) is 30.1 Å². The molecule has 2 heterocycles. The first kappa shape index (κ1) is 15.7. The number of hydrogen-bond donors (Lipinski definition) is 0. The first-order valence-corrected chi connectivity index (χ1v) is 8.17. The molecule has 1 aromatic carbocycles. The largest absolute Gasteiger partial charge is 0.305 e. The lowest BCUT2D eigenvalue weighted by atomic mass is 10.2. The average molecular weight is 334 g/mol. The fourth-order valence-electron chi connectivity index (χ4n) is 2.42. The lowest BCUT2D eigenvalue weighted by Crippen LogP contribution is -2.31. The molecule has 8 heteroatoms. The van der Waals surface area contributed by atoms with Crippen LogP contribution in [0.1, 0.15) is 12.8 Å². The Morgan fingerprint density at radius 3 is 2.57 bits per heavy atom. The fourth-order valence-corrected chi connectivity index (χ4v) is 3.25. The normalized spacial score (nSPS) is 14.8. The van der Waals surface area contributed by atoms with Crippen LogP contribution in [-0.4, -0.2) is 43.8 Å². The molecule has 2 amide bonds. The van der Waals surface area contributed by atoms with Gasteiger partial charge in [0.2, 0.25) is 11.8 Å². The van der Waals surface area contributed by atoms with E-state index in [0.717, 1.165) is 0 Å². The molecule has 0 N–H and O–H groups in total. The van der Waals surface area contributed by atoms with E-state index >= 15 is 0 Å². The topological polar surface area (TPSA) is 68.1 Å². The van der Waals surface area contributed by atoms with Gasteiger partial charge >= 0.3 is 0 Å². The number of nitrogens with zero attached hydrogens (tertiary/aromatic N) is 4. The highest BCUT2D eigenvalue weighted by atomic mass is 32.2. The first-order valence-electron chi connectivity index (χ1n) is 7.18. The predicted octanol–water partition coefficient (Wildman–Crippen LogP) is 1.86. The van der Waals surface area contributed by atoms with Crippen LogP contribution in [0.5, 0.6) is 0 Å². The number of halogens is 1. The zero-order chi connectivity index (χ0) is 16.4. The van der Waals surface area contributed by atoms with E-state index in [-0.39, 0.29) is 17.6 Å². The standard InChI is InChI=1S/C15H15FN4O2S/c1-19-14(10-4-2-3-5-11(10)16)17-18-15(19)23-9-8-20-12(21)6-7-13(20)22/h2-5H,6-9H2,1H3. The van der Waals surface area contributed by atoms with Gasteiger partial charge in [0.15, 0.2) is 11.0 Å². The summed E-state index contributed by atoms with van der Waals surface area (Å²) in [6.45, 7) is 0.351. The molecular weight excluding hydrogens is 319 g/mol. The number of thioether (sulfide) groups is 1. The summed E-state index contributed by atoms with van der Waals surface area (Å²) in [5.74, 6) is 0.369. The van der Waals surface area contributed by atoms with Gasteiger partial charge in [-0.15, -0.1) is 10.2 Å². The molecule has 1 aliphatic rings. The van der Waals surface area contributed by atoms with Crippen molar-refractivity contribution < 1.29 is 14.0 Å². The molecule has 0 radical (unpaired) electrons. The molecule has 3 rings (SSSR count). The van der Waals surface area contributed by atoms with E-state index in [9.17, 15) is 14.0 Å². The molecule has 0 atom stereocenters. The predicted molar refractivity (Wildman–Crippen MR) is 83.1 cm³/mol. The Balaban J connectivity index is 1.67. The van der Waals surface area contributed by atoms with Crippen molar-refractivity contribution in [3.8, 4) is 11.4 Å². The number of carbonyl (C=O) groups excluding carboxylic acids is 2. The highest BCUT2D eigenvalue weighted by Gasteiger charge is 2.28. The van der Waals surface area contributed by atoms with Gasteiger partial charge in [-0.25, -0.2) is 4.39 Å². The smallest absolute Gasteiger partial charge is 0.229 e. The van der Waals surface area contributed by atoms with Gasteiger partial charge in [-0.05, 0) is 12.1 Å². The Bertz CT molecular complexity index is 746. The quantitative estimate of drug-likeness (QED) is 0.617. The number of benzene rings is 1. The van der Waals surface area contributed by atoms with E-state index in [2.05, 4.69) is 10.2 Å². The second-order valence-electron chi connectivity index (χ2n) is 5.13. The minimum absolute atomic E-state index is 0.124. The third kappa shape index (κ3) is 3.12. The molecule has 120 valence electrons. The van der Waals surface area contributed by atoms with Crippen LogP contribution in [0.2, 0.25) is 0 Å². The number of carbonyl (C=O) groups is 2. The van der Waals surface area contributed by atoms with E-state index in [1.807, 2.05) is 0 Å². The van der Waals surface area contributed by atoms with Gasteiger partial charge in [0, 0.05) is 32.2 Å². The monoisotopic (exact) mass is 334 g/mol. The molecule has 1 fully saturated rings. The summed E-state index contributed by atoms with van der Waals surface area (Å²) >= 11 is 1.38. The maximum atomic E-state index is 13.8. The van der Waals surface area contributed by atoms with E-state index in [0.29, 0.717) is 41.7 Å². The molecule has 1 aliphatic heterocycles. The zero-order valence-corrected chi connectivity index (χ0v) is 13.3. The maximum absolute atomic E-state index is 13.8. The van der Waals surface area contributed by atoms with Crippen molar-refractivity contribution >= 4 is 23.6 Å². The van der Waals surface area contributed by atoms with Gasteiger partial charge < -0.3 is 4.57 Å². The second-order valence-corrected chi connectivity index (χ2v) is 6.19. The Kier molecular flexibility index (Phi) is 4.42. The van der Waals surface area contributed by atoms with Crippen molar-refractivity contribution in [3.63, 3.8) is 0 Å². The number of imide groups is 1. The van der Waals surface area contributed by atoms with Gasteiger partial charge in [-0.1, -0.05) is 23.9 Å². The lowest BCUT2D eigenvalue weighted by Gasteiger charge is -2.12. The lowest BCUT2D eigenvalue weighted by molar-refractivity contribution is -0.137. The van der Waals surface area contributed by atoms with Gasteiger partial charge in [0.25, 0.3) is 0 Å². The molecule has 1 saturated heterocycles. The van der Waals surface area contributed by atoms with Crippen molar-refractivity contribution in [2.75, 3.05) is 12.3 Å². The van der Waals surface area contributed by atoms with E-state index in [4.69, 9.17) is 0 Å². The van der Waals surface area contributed by atoms with Crippen LogP contribution in [0.4, 0.5) is 4.39 Å². The molecule has 1 aromatic heterocycles. The highest BCUT2D eigenvalue weighted by molar-refractivity contribution is 7.99. The molecule has 6 nitrogen and oxygen atoms in total. The summed E-state index contributed by atoms with van der Waals surface area (Å²) in [5, 5.41) is 8.70. The van der Waals surface area contributed by atoms with Crippen LogP contribution < -0.4 is 0 Å². The number of aromatic nitrogens is 3. The Morgan fingerprint density at radius 1 is 1.17 bits per heavy atom. The fraction of sp³-hybridized carbons (Fsp3) is 0.333. The third-order valence-electron chi connectivity index (χ3n) is 3.65. The summed E-state index contributed by atoms with van der Waals surface area (Å²) in [7, 11) is 1.76. The summed E-state index contributed by atoms with van der Waals surface area (Å²) in [6.07, 6.45) is 0.593. The summed E-state index contributed by atoms with van der Waals surface area (Å²) in [4.78, 5) is 24.4. The molecular formula is C15H15FN4O2S. The molecule has 23 heavy (non-hydrogen) atoms. The van der Waals surface area contributed by atoms with Gasteiger partial charge in [-0.2, -0.15) is 0 Å². The zero-order valence-electron chi connectivity index (χ0n) is 12.5. The van der Waals surface area contributed by atoms with Crippen LogP contribution in [0, 0.1) is 5.82 Å². The minimum Gasteiger partial charge on any atom is -0.305 e. The van der Waals surface area contributed by atoms with E-state index in [1.54, 1.807) is 29.8 Å². The van der Waals surface area contributed by atoms with Gasteiger partial charge in [-0.3, -0.25) is 14.5 Å². The minimum atomic E-state index is -0.354. The van der Waals surface area contributed by atoms with Crippen molar-refractivity contribution in [2.24, 2.45) is 7.05 Å². The summed E-state index contributed by atoms with van der Waals surface area (Å²) < 4.78 is 15.5. The Hall–Kier alpha value is -2.22.